The summed E-state index contributed by atoms with van der Waals surface area (Å²) in [6.45, 7) is 8.95. The first-order chi connectivity index (χ1) is 20.1. The number of carbonyl (C=O) groups is 1. The number of benzene rings is 1. The molecule has 0 saturated carbocycles. The number of carbonyl (C=O) groups excluding carboxylic acids is 1. The Hall–Kier alpha value is -4.39. The van der Waals surface area contributed by atoms with Gasteiger partial charge in [-0.25, -0.2) is 13.5 Å². The Kier molecular flexibility index (Phi) is 7.71. The number of rotatable bonds is 8. The monoisotopic (exact) mass is 584 g/mol. The van der Waals surface area contributed by atoms with E-state index >= 15 is 0 Å². The van der Waals surface area contributed by atoms with E-state index in [2.05, 4.69) is 11.7 Å². The molecule has 5 rings (SSSR count). The molecular formula is C29H34F2N6O5. The van der Waals surface area contributed by atoms with Gasteiger partial charge in [0.2, 0.25) is 5.43 Å². The SMILES string of the molecule is C=C(OCC)N1CCC2(CC1)N(CC)C(=O)c1c(O)c(=O)c(-c3cnn(Cc4ccc(F)cc4F)c3)c(CO)n1N2C. The maximum absolute atomic E-state index is 14.3. The van der Waals surface area contributed by atoms with Gasteiger partial charge in [-0.05, 0) is 26.5 Å². The molecule has 0 atom stereocenters. The molecule has 1 amide bonds. The summed E-state index contributed by atoms with van der Waals surface area (Å²) in [5, 5.41) is 27.8. The lowest BCUT2D eigenvalue weighted by Crippen LogP contribution is -2.72. The molecular weight excluding hydrogens is 550 g/mol. The molecule has 224 valence electrons. The van der Waals surface area contributed by atoms with Crippen molar-refractivity contribution in [1.29, 1.82) is 0 Å². The van der Waals surface area contributed by atoms with Crippen molar-refractivity contribution in [3.05, 3.63) is 81.9 Å². The number of hydrogen-bond acceptors (Lipinski definition) is 8. The second-order valence-corrected chi connectivity index (χ2v) is 10.3. The van der Waals surface area contributed by atoms with Gasteiger partial charge < -0.3 is 24.7 Å². The van der Waals surface area contributed by atoms with Crippen LogP contribution >= 0.6 is 0 Å². The number of aromatic hydroxyl groups is 1. The third-order valence-corrected chi connectivity index (χ3v) is 8.24. The molecule has 11 nitrogen and oxygen atoms in total. The fraction of sp³-hybridized carbons (Fsp3) is 0.414. The molecule has 13 heteroatoms. The van der Waals surface area contributed by atoms with Crippen molar-refractivity contribution in [2.24, 2.45) is 0 Å². The molecule has 1 aromatic carbocycles. The van der Waals surface area contributed by atoms with E-state index in [4.69, 9.17) is 4.74 Å². The number of halogens is 2. The Labute approximate surface area is 241 Å². The average molecular weight is 585 g/mol. The number of aliphatic hydroxyl groups excluding tert-OH is 1. The average Bonchev–Trinajstić information content (AvgIpc) is 3.43. The Bertz CT molecular complexity index is 1590. The van der Waals surface area contributed by atoms with Crippen LogP contribution in [0.3, 0.4) is 0 Å². The zero-order chi connectivity index (χ0) is 30.3. The van der Waals surface area contributed by atoms with Crippen molar-refractivity contribution in [3.63, 3.8) is 0 Å². The van der Waals surface area contributed by atoms with E-state index < -0.39 is 41.0 Å². The van der Waals surface area contributed by atoms with Crippen LogP contribution in [-0.4, -0.2) is 79.3 Å². The fourth-order valence-electron chi connectivity index (χ4n) is 6.15. The molecule has 3 aromatic rings. The first-order valence-corrected chi connectivity index (χ1v) is 13.8. The van der Waals surface area contributed by atoms with Gasteiger partial charge in [-0.1, -0.05) is 6.07 Å². The molecule has 0 bridgehead atoms. The van der Waals surface area contributed by atoms with E-state index in [0.717, 1.165) is 12.1 Å². The van der Waals surface area contributed by atoms with Crippen LogP contribution in [0.1, 0.15) is 48.4 Å². The van der Waals surface area contributed by atoms with Crippen LogP contribution in [0.15, 0.2) is 47.8 Å². The Balaban J connectivity index is 1.58. The van der Waals surface area contributed by atoms with Crippen LogP contribution < -0.4 is 10.4 Å². The van der Waals surface area contributed by atoms with Gasteiger partial charge in [0.05, 0.1) is 37.2 Å². The fourth-order valence-corrected chi connectivity index (χ4v) is 6.15. The number of nitrogens with zero attached hydrogens (tertiary/aromatic N) is 6. The number of hydrogen-bond donors (Lipinski definition) is 2. The lowest BCUT2D eigenvalue weighted by atomic mass is 9.91. The maximum Gasteiger partial charge on any atom is 0.278 e. The molecule has 1 spiro atoms. The molecule has 42 heavy (non-hydrogen) atoms. The van der Waals surface area contributed by atoms with E-state index in [1.165, 1.54) is 27.8 Å². The maximum atomic E-state index is 14.3. The summed E-state index contributed by atoms with van der Waals surface area (Å²) in [4.78, 5) is 31.1. The van der Waals surface area contributed by atoms with Crippen LogP contribution in [0.5, 0.6) is 5.75 Å². The highest BCUT2D eigenvalue weighted by Crippen LogP contribution is 2.40. The number of likely N-dealkylation sites (tertiary alicyclic amines) is 1. The van der Waals surface area contributed by atoms with Crippen molar-refractivity contribution in [3.8, 4) is 16.9 Å². The predicted octanol–water partition coefficient (Wildman–Crippen LogP) is 2.58. The second-order valence-electron chi connectivity index (χ2n) is 10.3. The van der Waals surface area contributed by atoms with Gasteiger partial charge in [-0.2, -0.15) is 5.10 Å². The lowest BCUT2D eigenvalue weighted by Gasteiger charge is -2.57. The minimum atomic E-state index is -0.839. The Morgan fingerprint density at radius 2 is 1.90 bits per heavy atom. The number of piperidine rings is 1. The summed E-state index contributed by atoms with van der Waals surface area (Å²) in [6, 6.07) is 3.22. The zero-order valence-corrected chi connectivity index (χ0v) is 23.8. The van der Waals surface area contributed by atoms with Crippen molar-refractivity contribution < 1.29 is 28.5 Å². The van der Waals surface area contributed by atoms with E-state index in [1.807, 2.05) is 18.7 Å². The van der Waals surface area contributed by atoms with Crippen LogP contribution in [0.4, 0.5) is 8.78 Å². The highest BCUT2D eigenvalue weighted by Gasteiger charge is 2.52. The highest BCUT2D eigenvalue weighted by molar-refractivity contribution is 5.98. The molecule has 0 radical (unpaired) electrons. The molecule has 2 aliphatic rings. The Morgan fingerprint density at radius 3 is 2.52 bits per heavy atom. The summed E-state index contributed by atoms with van der Waals surface area (Å²) in [5.41, 5.74) is -1.39. The number of aromatic nitrogens is 3. The first kappa shape index (κ1) is 29.1. The third-order valence-electron chi connectivity index (χ3n) is 8.24. The van der Waals surface area contributed by atoms with Crippen molar-refractivity contribution in [1.82, 2.24) is 24.3 Å². The van der Waals surface area contributed by atoms with Gasteiger partial charge >= 0.3 is 0 Å². The second kappa shape index (κ2) is 11.1. The number of fused-ring (bicyclic) bond motifs is 1. The van der Waals surface area contributed by atoms with Crippen LogP contribution in [0.25, 0.3) is 11.1 Å². The van der Waals surface area contributed by atoms with Crippen LogP contribution in [0, 0.1) is 11.6 Å². The van der Waals surface area contributed by atoms with E-state index in [1.54, 1.807) is 17.0 Å². The number of amides is 1. The number of pyridine rings is 1. The van der Waals surface area contributed by atoms with E-state index in [9.17, 15) is 28.6 Å². The van der Waals surface area contributed by atoms with Gasteiger partial charge in [0.1, 0.15) is 17.3 Å². The minimum absolute atomic E-state index is 0.0357. The largest absolute Gasteiger partial charge is 0.502 e. The zero-order valence-electron chi connectivity index (χ0n) is 23.8. The number of aliphatic hydroxyl groups is 1. The van der Waals surface area contributed by atoms with Gasteiger partial charge in [-0.3, -0.25) is 19.3 Å². The standard InChI is InChI=1S/C29H34F2N6O5/c1-5-36-28(41)25-27(40)26(39)24(20-14-32-35(16-20)15-19-7-8-21(30)13-22(19)31)23(17-38)37(25)33(4)29(36)9-11-34(12-10-29)18(3)42-6-2/h7-8,13-14,16,38,40H,3,5-6,9-12,15,17H2,1-2,4H3. The Morgan fingerprint density at radius 1 is 1.19 bits per heavy atom. The van der Waals surface area contributed by atoms with E-state index in [0.29, 0.717) is 45.0 Å². The molecule has 1 saturated heterocycles. The summed E-state index contributed by atoms with van der Waals surface area (Å²) >= 11 is 0. The van der Waals surface area contributed by atoms with Crippen molar-refractivity contribution in [2.75, 3.05) is 38.3 Å². The lowest BCUT2D eigenvalue weighted by molar-refractivity contribution is -0.00741. The minimum Gasteiger partial charge on any atom is -0.502 e. The van der Waals surface area contributed by atoms with Crippen LogP contribution in [0.2, 0.25) is 0 Å². The summed E-state index contributed by atoms with van der Waals surface area (Å²) < 4.78 is 36.0. The van der Waals surface area contributed by atoms with Gasteiger partial charge in [0.25, 0.3) is 5.91 Å². The number of ether oxygens (including phenoxy) is 1. The molecule has 2 aromatic heterocycles. The molecule has 1 fully saturated rings. The van der Waals surface area contributed by atoms with Crippen molar-refractivity contribution in [2.45, 2.75) is 45.5 Å². The normalized spacial score (nSPS) is 16.2. The van der Waals surface area contributed by atoms with Crippen LogP contribution in [-0.2, 0) is 17.9 Å². The summed E-state index contributed by atoms with van der Waals surface area (Å²) in [7, 11) is 1.76. The molecule has 4 heterocycles. The van der Waals surface area contributed by atoms with Gasteiger partial charge in [0, 0.05) is 62.9 Å². The topological polar surface area (TPSA) is 116 Å². The molecule has 0 unspecified atom stereocenters. The van der Waals surface area contributed by atoms with Gasteiger partial charge in [0.15, 0.2) is 17.3 Å². The molecule has 2 N–H and O–H groups in total. The van der Waals surface area contributed by atoms with Crippen molar-refractivity contribution >= 4 is 5.91 Å². The quantitative estimate of drug-likeness (QED) is 0.389. The molecule has 2 aliphatic heterocycles. The predicted molar refractivity (Wildman–Crippen MR) is 150 cm³/mol. The highest BCUT2D eigenvalue weighted by atomic mass is 19.1. The third kappa shape index (κ3) is 4.57. The summed E-state index contributed by atoms with van der Waals surface area (Å²) in [6.07, 6.45) is 3.84. The summed E-state index contributed by atoms with van der Waals surface area (Å²) in [5.74, 6) is -2.16. The smallest absolute Gasteiger partial charge is 0.278 e. The molecule has 0 aliphatic carbocycles. The first-order valence-electron chi connectivity index (χ1n) is 13.8. The van der Waals surface area contributed by atoms with Gasteiger partial charge in [-0.15, -0.1) is 0 Å². The van der Waals surface area contributed by atoms with E-state index in [-0.39, 0.29) is 34.6 Å².